The van der Waals surface area contributed by atoms with Gasteiger partial charge in [0.05, 0.1) is 17.5 Å². The number of aliphatic hydroxyl groups is 1. The molecule has 2 aromatic rings. The number of nitrogens with one attached hydrogen (secondary N) is 1. The summed E-state index contributed by atoms with van der Waals surface area (Å²) in [6, 6.07) is 9.52. The molecule has 2 N–H and O–H groups in total. The zero-order valence-electron chi connectivity index (χ0n) is 11.1. The molecule has 0 bridgehead atoms. The largest absolute Gasteiger partial charge is 0.394 e. The van der Waals surface area contributed by atoms with Crippen molar-refractivity contribution in [3.05, 3.63) is 47.1 Å². The zero-order valence-corrected chi connectivity index (χ0v) is 11.9. The van der Waals surface area contributed by atoms with Crippen LogP contribution in [0.25, 0.3) is 10.4 Å². The van der Waals surface area contributed by atoms with Crippen LogP contribution in [0.5, 0.6) is 0 Å². The SMILES string of the molecule is CCC(CO)NC(=O)c1ccc(-c2ccc(F)cc2)s1. The van der Waals surface area contributed by atoms with Crippen molar-refractivity contribution in [3.63, 3.8) is 0 Å². The first-order valence-corrected chi connectivity index (χ1v) is 7.23. The molecule has 0 saturated heterocycles. The van der Waals surface area contributed by atoms with Crippen molar-refractivity contribution < 1.29 is 14.3 Å². The van der Waals surface area contributed by atoms with Gasteiger partial charge in [-0.2, -0.15) is 0 Å². The van der Waals surface area contributed by atoms with Crippen LogP contribution in [0.2, 0.25) is 0 Å². The summed E-state index contributed by atoms with van der Waals surface area (Å²) in [6.45, 7) is 1.83. The zero-order chi connectivity index (χ0) is 14.5. The number of aliphatic hydroxyl groups excluding tert-OH is 1. The molecule has 0 saturated carbocycles. The lowest BCUT2D eigenvalue weighted by Crippen LogP contribution is -2.36. The van der Waals surface area contributed by atoms with Gasteiger partial charge in [0.15, 0.2) is 0 Å². The maximum Gasteiger partial charge on any atom is 0.261 e. The maximum absolute atomic E-state index is 12.9. The van der Waals surface area contributed by atoms with E-state index in [1.54, 1.807) is 18.2 Å². The van der Waals surface area contributed by atoms with Crippen molar-refractivity contribution in [2.24, 2.45) is 0 Å². The van der Waals surface area contributed by atoms with Gasteiger partial charge < -0.3 is 10.4 Å². The molecular formula is C15H16FNO2S. The molecule has 5 heteroatoms. The molecule has 0 aliphatic heterocycles. The molecule has 1 unspecified atom stereocenters. The third-order valence-electron chi connectivity index (χ3n) is 3.01. The number of halogens is 1. The number of benzene rings is 1. The lowest BCUT2D eigenvalue weighted by molar-refractivity contribution is 0.0919. The molecule has 0 radical (unpaired) electrons. The van der Waals surface area contributed by atoms with Crippen LogP contribution in [0.15, 0.2) is 36.4 Å². The second-order valence-corrected chi connectivity index (χ2v) is 5.52. The van der Waals surface area contributed by atoms with Gasteiger partial charge in [-0.3, -0.25) is 4.79 Å². The van der Waals surface area contributed by atoms with Gasteiger partial charge >= 0.3 is 0 Å². The minimum Gasteiger partial charge on any atom is -0.394 e. The first-order chi connectivity index (χ1) is 9.63. The predicted molar refractivity (Wildman–Crippen MR) is 78.3 cm³/mol. The Balaban J connectivity index is 2.12. The Morgan fingerprint density at radius 1 is 1.30 bits per heavy atom. The van der Waals surface area contributed by atoms with Gasteiger partial charge in [-0.1, -0.05) is 19.1 Å². The third kappa shape index (κ3) is 3.43. The van der Waals surface area contributed by atoms with Gasteiger partial charge in [0, 0.05) is 4.88 Å². The fourth-order valence-electron chi connectivity index (χ4n) is 1.76. The van der Waals surface area contributed by atoms with Crippen molar-refractivity contribution >= 4 is 17.2 Å². The van der Waals surface area contributed by atoms with Crippen LogP contribution in [-0.2, 0) is 0 Å². The Labute approximate surface area is 121 Å². The van der Waals surface area contributed by atoms with Crippen molar-refractivity contribution in [3.8, 4) is 10.4 Å². The minimum atomic E-state index is -0.281. The number of rotatable bonds is 5. The van der Waals surface area contributed by atoms with Gasteiger partial charge in [0.25, 0.3) is 5.91 Å². The molecule has 1 aromatic heterocycles. The highest BCUT2D eigenvalue weighted by Crippen LogP contribution is 2.28. The summed E-state index contributed by atoms with van der Waals surface area (Å²) in [5.74, 6) is -0.471. The van der Waals surface area contributed by atoms with Crippen molar-refractivity contribution in [2.75, 3.05) is 6.61 Å². The van der Waals surface area contributed by atoms with Crippen LogP contribution < -0.4 is 5.32 Å². The summed E-state index contributed by atoms with van der Waals surface area (Å²) in [5, 5.41) is 11.9. The van der Waals surface area contributed by atoms with Crippen molar-refractivity contribution in [2.45, 2.75) is 19.4 Å². The summed E-state index contributed by atoms with van der Waals surface area (Å²) < 4.78 is 12.9. The number of hydrogen-bond donors (Lipinski definition) is 2. The van der Waals surface area contributed by atoms with Gasteiger partial charge in [-0.15, -0.1) is 11.3 Å². The summed E-state index contributed by atoms with van der Waals surface area (Å²) in [4.78, 5) is 13.5. The van der Waals surface area contributed by atoms with E-state index in [0.717, 1.165) is 10.4 Å². The Morgan fingerprint density at radius 2 is 2.00 bits per heavy atom. The average Bonchev–Trinajstić information content (AvgIpc) is 2.95. The third-order valence-corrected chi connectivity index (χ3v) is 4.14. The van der Waals surface area contributed by atoms with Gasteiger partial charge in [0.1, 0.15) is 5.82 Å². The second-order valence-electron chi connectivity index (χ2n) is 4.43. The van der Waals surface area contributed by atoms with Crippen molar-refractivity contribution in [1.29, 1.82) is 0 Å². The standard InChI is InChI=1S/C15H16FNO2S/c1-2-12(9-18)17-15(19)14-8-7-13(20-14)10-3-5-11(16)6-4-10/h3-8,12,18H,2,9H2,1H3,(H,17,19). The van der Waals surface area contributed by atoms with Crippen LogP contribution in [0, 0.1) is 5.82 Å². The number of carbonyl (C=O) groups excluding carboxylic acids is 1. The summed E-state index contributed by atoms with van der Waals surface area (Å²) in [6.07, 6.45) is 0.679. The lowest BCUT2D eigenvalue weighted by atomic mass is 10.2. The molecule has 1 heterocycles. The molecule has 1 aromatic carbocycles. The summed E-state index contributed by atoms with van der Waals surface area (Å²) in [5.41, 5.74) is 0.879. The molecule has 0 aliphatic carbocycles. The van der Waals surface area contributed by atoms with Crippen LogP contribution in [-0.4, -0.2) is 23.7 Å². The topological polar surface area (TPSA) is 49.3 Å². The molecular weight excluding hydrogens is 277 g/mol. The molecule has 0 spiro atoms. The highest BCUT2D eigenvalue weighted by molar-refractivity contribution is 7.17. The van der Waals surface area contributed by atoms with E-state index in [1.165, 1.54) is 23.5 Å². The van der Waals surface area contributed by atoms with Crippen LogP contribution in [0.3, 0.4) is 0 Å². The highest BCUT2D eigenvalue weighted by atomic mass is 32.1. The molecule has 1 amide bonds. The monoisotopic (exact) mass is 293 g/mol. The van der Waals surface area contributed by atoms with E-state index in [-0.39, 0.29) is 24.4 Å². The molecule has 0 fully saturated rings. The van der Waals surface area contributed by atoms with Crippen LogP contribution >= 0.6 is 11.3 Å². The average molecular weight is 293 g/mol. The van der Waals surface area contributed by atoms with E-state index < -0.39 is 0 Å². The molecule has 2 rings (SSSR count). The highest BCUT2D eigenvalue weighted by Gasteiger charge is 2.14. The fourth-order valence-corrected chi connectivity index (χ4v) is 2.68. The number of carbonyl (C=O) groups is 1. The smallest absolute Gasteiger partial charge is 0.261 e. The number of amides is 1. The lowest BCUT2D eigenvalue weighted by Gasteiger charge is -2.12. The molecule has 106 valence electrons. The number of hydrogen-bond acceptors (Lipinski definition) is 3. The molecule has 1 atom stereocenters. The van der Waals surface area contributed by atoms with Gasteiger partial charge in [0.2, 0.25) is 0 Å². The van der Waals surface area contributed by atoms with E-state index in [4.69, 9.17) is 5.11 Å². The molecule has 20 heavy (non-hydrogen) atoms. The normalized spacial score (nSPS) is 12.2. The predicted octanol–water partition coefficient (Wildman–Crippen LogP) is 3.05. The van der Waals surface area contributed by atoms with Crippen LogP contribution in [0.4, 0.5) is 4.39 Å². The maximum atomic E-state index is 12.9. The van der Waals surface area contributed by atoms with E-state index in [1.807, 2.05) is 13.0 Å². The second kappa shape index (κ2) is 6.63. The fraction of sp³-hybridized carbons (Fsp3) is 0.267. The Bertz CT molecular complexity index is 576. The molecule has 0 aliphatic rings. The Morgan fingerprint density at radius 3 is 2.60 bits per heavy atom. The Hall–Kier alpha value is -1.72. The number of thiophene rings is 1. The summed E-state index contributed by atoms with van der Waals surface area (Å²) >= 11 is 1.35. The minimum absolute atomic E-state index is 0.0710. The summed E-state index contributed by atoms with van der Waals surface area (Å²) in [7, 11) is 0. The van der Waals surface area contributed by atoms with Crippen LogP contribution in [0.1, 0.15) is 23.0 Å². The van der Waals surface area contributed by atoms with E-state index in [0.29, 0.717) is 11.3 Å². The van der Waals surface area contributed by atoms with E-state index >= 15 is 0 Å². The van der Waals surface area contributed by atoms with E-state index in [9.17, 15) is 9.18 Å². The first kappa shape index (κ1) is 14.7. The Kier molecular flexibility index (Phi) is 4.87. The first-order valence-electron chi connectivity index (χ1n) is 6.41. The van der Waals surface area contributed by atoms with Gasteiger partial charge in [-0.05, 0) is 36.2 Å². The molecule has 3 nitrogen and oxygen atoms in total. The van der Waals surface area contributed by atoms with E-state index in [2.05, 4.69) is 5.32 Å². The van der Waals surface area contributed by atoms with Crippen molar-refractivity contribution in [1.82, 2.24) is 5.32 Å². The quantitative estimate of drug-likeness (QED) is 0.890. The van der Waals surface area contributed by atoms with Gasteiger partial charge in [-0.25, -0.2) is 4.39 Å².